The Hall–Kier alpha value is -1.22. The largest absolute Gasteiger partial charge is 0.493 e. The van der Waals surface area contributed by atoms with Crippen LogP contribution in [-0.4, -0.2) is 36.4 Å². The van der Waals surface area contributed by atoms with Crippen LogP contribution in [0, 0.1) is 0 Å². The number of hydrogen-bond acceptors (Lipinski definition) is 2. The van der Waals surface area contributed by atoms with Crippen LogP contribution in [0.5, 0.6) is 5.75 Å². The zero-order valence-corrected chi connectivity index (χ0v) is 11.5. The van der Waals surface area contributed by atoms with Gasteiger partial charge in [-0.05, 0) is 18.6 Å². The lowest BCUT2D eigenvalue weighted by molar-refractivity contribution is -0.131. The molecule has 0 atom stereocenters. The molecule has 0 fully saturated rings. The maximum Gasteiger partial charge on any atom is 0.226 e. The molecule has 0 saturated carbocycles. The molecule has 18 heavy (non-hydrogen) atoms. The number of alkyl halides is 1. The number of para-hydroxylation sites is 1. The third kappa shape index (κ3) is 5.41. The monoisotopic (exact) mass is 269 g/mol. The summed E-state index contributed by atoms with van der Waals surface area (Å²) >= 11 is 5.68. The lowest BCUT2D eigenvalue weighted by atomic mass is 10.3. The van der Waals surface area contributed by atoms with Gasteiger partial charge in [0.05, 0.1) is 13.0 Å². The van der Waals surface area contributed by atoms with Crippen molar-refractivity contribution in [1.29, 1.82) is 0 Å². The van der Waals surface area contributed by atoms with Gasteiger partial charge in [-0.15, -0.1) is 11.6 Å². The minimum Gasteiger partial charge on any atom is -0.493 e. The lowest BCUT2D eigenvalue weighted by Gasteiger charge is -2.20. The van der Waals surface area contributed by atoms with Crippen molar-refractivity contribution in [2.45, 2.75) is 19.8 Å². The Morgan fingerprint density at radius 2 is 2.00 bits per heavy atom. The predicted octanol–water partition coefficient (Wildman–Crippen LogP) is 2.93. The van der Waals surface area contributed by atoms with Gasteiger partial charge in [0, 0.05) is 19.0 Å². The van der Waals surface area contributed by atoms with Crippen molar-refractivity contribution < 1.29 is 9.53 Å². The summed E-state index contributed by atoms with van der Waals surface area (Å²) in [5.74, 6) is 1.38. The summed E-state index contributed by atoms with van der Waals surface area (Å²) in [4.78, 5) is 13.7. The van der Waals surface area contributed by atoms with Gasteiger partial charge in [0.15, 0.2) is 0 Å². The van der Waals surface area contributed by atoms with Gasteiger partial charge < -0.3 is 9.64 Å². The summed E-state index contributed by atoms with van der Waals surface area (Å²) < 4.78 is 5.50. The highest BCUT2D eigenvalue weighted by Gasteiger charge is 2.11. The Balaban J connectivity index is 2.30. The molecule has 1 amide bonds. The molecule has 3 nitrogen and oxygen atoms in total. The van der Waals surface area contributed by atoms with Crippen molar-refractivity contribution in [3.05, 3.63) is 30.3 Å². The predicted molar refractivity (Wildman–Crippen MR) is 74.1 cm³/mol. The summed E-state index contributed by atoms with van der Waals surface area (Å²) in [6.07, 6.45) is 1.34. The van der Waals surface area contributed by atoms with E-state index in [1.165, 1.54) is 0 Å². The van der Waals surface area contributed by atoms with E-state index in [9.17, 15) is 4.79 Å². The number of ether oxygens (including phenoxy) is 1. The number of nitrogens with zero attached hydrogens (tertiary/aromatic N) is 1. The van der Waals surface area contributed by atoms with Crippen molar-refractivity contribution in [2.75, 3.05) is 25.6 Å². The van der Waals surface area contributed by atoms with Crippen LogP contribution in [0.15, 0.2) is 30.3 Å². The number of carbonyl (C=O) groups excluding carboxylic acids is 1. The number of halogens is 1. The maximum atomic E-state index is 11.9. The van der Waals surface area contributed by atoms with Gasteiger partial charge in [-0.1, -0.05) is 25.1 Å². The Labute approximate surface area is 114 Å². The molecule has 0 spiro atoms. The number of benzene rings is 1. The van der Waals surface area contributed by atoms with E-state index in [1.807, 2.05) is 30.3 Å². The molecule has 0 heterocycles. The smallest absolute Gasteiger partial charge is 0.226 e. The van der Waals surface area contributed by atoms with Crippen LogP contribution in [0.1, 0.15) is 19.8 Å². The SMILES string of the molecule is CCCN(CCCl)C(=O)CCOc1ccccc1. The van der Waals surface area contributed by atoms with Gasteiger partial charge in [0.25, 0.3) is 0 Å². The van der Waals surface area contributed by atoms with Crippen LogP contribution < -0.4 is 4.74 Å². The van der Waals surface area contributed by atoms with Crippen LogP contribution >= 0.6 is 11.6 Å². The molecule has 100 valence electrons. The van der Waals surface area contributed by atoms with Gasteiger partial charge >= 0.3 is 0 Å². The Morgan fingerprint density at radius 1 is 1.28 bits per heavy atom. The Bertz CT molecular complexity index is 337. The molecule has 1 aromatic carbocycles. The number of amides is 1. The first-order chi connectivity index (χ1) is 8.77. The van der Waals surface area contributed by atoms with E-state index in [0.717, 1.165) is 18.7 Å². The fourth-order valence-corrected chi connectivity index (χ4v) is 1.87. The Morgan fingerprint density at radius 3 is 2.61 bits per heavy atom. The van der Waals surface area contributed by atoms with Crippen molar-refractivity contribution in [1.82, 2.24) is 4.90 Å². The average molecular weight is 270 g/mol. The zero-order valence-electron chi connectivity index (χ0n) is 10.8. The van der Waals surface area contributed by atoms with Crippen LogP contribution in [0.2, 0.25) is 0 Å². The molecule has 4 heteroatoms. The highest BCUT2D eigenvalue weighted by molar-refractivity contribution is 6.18. The fraction of sp³-hybridized carbons (Fsp3) is 0.500. The molecular formula is C14H20ClNO2. The second kappa shape index (κ2) is 8.81. The van der Waals surface area contributed by atoms with Crippen LogP contribution in [-0.2, 0) is 4.79 Å². The van der Waals surface area contributed by atoms with E-state index >= 15 is 0 Å². The van der Waals surface area contributed by atoms with Crippen molar-refractivity contribution in [3.8, 4) is 5.75 Å². The molecule has 0 aliphatic heterocycles. The topological polar surface area (TPSA) is 29.5 Å². The first-order valence-electron chi connectivity index (χ1n) is 6.29. The third-order valence-electron chi connectivity index (χ3n) is 2.53. The van der Waals surface area contributed by atoms with E-state index in [0.29, 0.717) is 25.5 Å². The second-order valence-electron chi connectivity index (χ2n) is 3.98. The molecule has 1 aromatic rings. The van der Waals surface area contributed by atoms with Gasteiger partial charge in [-0.3, -0.25) is 4.79 Å². The maximum absolute atomic E-state index is 11.9. The molecule has 0 saturated heterocycles. The highest BCUT2D eigenvalue weighted by Crippen LogP contribution is 2.09. The zero-order chi connectivity index (χ0) is 13.2. The molecule has 0 radical (unpaired) electrons. The van der Waals surface area contributed by atoms with Crippen LogP contribution in [0.25, 0.3) is 0 Å². The summed E-state index contributed by atoms with van der Waals surface area (Å²) in [7, 11) is 0. The van der Waals surface area contributed by atoms with Gasteiger partial charge in [-0.2, -0.15) is 0 Å². The molecule has 0 aliphatic carbocycles. The third-order valence-corrected chi connectivity index (χ3v) is 2.70. The van der Waals surface area contributed by atoms with Gasteiger partial charge in [-0.25, -0.2) is 0 Å². The fourth-order valence-electron chi connectivity index (χ4n) is 1.66. The van der Waals surface area contributed by atoms with E-state index in [1.54, 1.807) is 4.90 Å². The van der Waals surface area contributed by atoms with Crippen LogP contribution in [0.3, 0.4) is 0 Å². The first-order valence-corrected chi connectivity index (χ1v) is 6.83. The minimum absolute atomic E-state index is 0.105. The molecule has 1 rings (SSSR count). The summed E-state index contributed by atoms with van der Waals surface area (Å²) in [6.45, 7) is 3.83. The van der Waals surface area contributed by atoms with E-state index in [-0.39, 0.29) is 5.91 Å². The summed E-state index contributed by atoms with van der Waals surface area (Å²) in [6, 6.07) is 9.52. The molecule has 0 bridgehead atoms. The quantitative estimate of drug-likeness (QED) is 0.679. The summed E-state index contributed by atoms with van der Waals surface area (Å²) in [5, 5.41) is 0. The van der Waals surface area contributed by atoms with Gasteiger partial charge in [0.1, 0.15) is 5.75 Å². The van der Waals surface area contributed by atoms with Gasteiger partial charge in [0.2, 0.25) is 5.91 Å². The Kier molecular flexibility index (Phi) is 7.26. The molecule has 0 aliphatic rings. The first kappa shape index (κ1) is 14.8. The molecule has 0 aromatic heterocycles. The normalized spacial score (nSPS) is 10.1. The van der Waals surface area contributed by atoms with E-state index in [4.69, 9.17) is 16.3 Å². The minimum atomic E-state index is 0.105. The van der Waals surface area contributed by atoms with Crippen molar-refractivity contribution >= 4 is 17.5 Å². The van der Waals surface area contributed by atoms with E-state index in [2.05, 4.69) is 6.92 Å². The number of carbonyl (C=O) groups is 1. The van der Waals surface area contributed by atoms with Crippen molar-refractivity contribution in [2.24, 2.45) is 0 Å². The number of rotatable bonds is 8. The standard InChI is InChI=1S/C14H20ClNO2/c1-2-10-16(11-9-15)14(17)8-12-18-13-6-4-3-5-7-13/h3-7H,2,8-12H2,1H3. The van der Waals surface area contributed by atoms with Crippen molar-refractivity contribution in [3.63, 3.8) is 0 Å². The molecular weight excluding hydrogens is 250 g/mol. The highest BCUT2D eigenvalue weighted by atomic mass is 35.5. The van der Waals surface area contributed by atoms with Crippen LogP contribution in [0.4, 0.5) is 0 Å². The second-order valence-corrected chi connectivity index (χ2v) is 4.36. The lowest BCUT2D eigenvalue weighted by Crippen LogP contribution is -2.34. The molecule has 0 unspecified atom stereocenters. The van der Waals surface area contributed by atoms with E-state index < -0.39 is 0 Å². The summed E-state index contributed by atoms with van der Waals surface area (Å²) in [5.41, 5.74) is 0. The molecule has 0 N–H and O–H groups in total. The average Bonchev–Trinajstić information content (AvgIpc) is 2.39. The number of hydrogen-bond donors (Lipinski definition) is 0.